The van der Waals surface area contributed by atoms with Gasteiger partial charge in [0.25, 0.3) is 0 Å². The zero-order chi connectivity index (χ0) is 8.53. The van der Waals surface area contributed by atoms with Crippen molar-refractivity contribution in [3.05, 3.63) is 12.2 Å². The summed E-state index contributed by atoms with van der Waals surface area (Å²) in [6.45, 7) is 3.51. The fourth-order valence-electron chi connectivity index (χ4n) is 0.687. The lowest BCUT2D eigenvalue weighted by molar-refractivity contribution is -0.116. The molecule has 0 aliphatic carbocycles. The van der Waals surface area contributed by atoms with Crippen LogP contribution >= 0.6 is 0 Å². The molecule has 3 nitrogen and oxygen atoms in total. The lowest BCUT2D eigenvalue weighted by atomic mass is 10.4. The standard InChI is InChI=1S/C8H16N2O/c1-3-5-8(11)10-7-4-6-9-2/h3,5,9H,4,6-7H2,1-2H3,(H,10,11). The summed E-state index contributed by atoms with van der Waals surface area (Å²) in [6, 6.07) is 0. The molecule has 0 spiro atoms. The molecule has 0 atom stereocenters. The Morgan fingerprint density at radius 3 is 2.73 bits per heavy atom. The third-order valence-corrected chi connectivity index (χ3v) is 1.22. The highest BCUT2D eigenvalue weighted by Gasteiger charge is 1.91. The molecular formula is C8H16N2O. The van der Waals surface area contributed by atoms with Crippen molar-refractivity contribution in [1.29, 1.82) is 0 Å². The van der Waals surface area contributed by atoms with E-state index in [1.165, 1.54) is 6.08 Å². The second-order valence-corrected chi connectivity index (χ2v) is 2.25. The van der Waals surface area contributed by atoms with Gasteiger partial charge in [-0.2, -0.15) is 0 Å². The van der Waals surface area contributed by atoms with Crippen LogP contribution in [0.4, 0.5) is 0 Å². The Morgan fingerprint density at radius 1 is 1.45 bits per heavy atom. The zero-order valence-corrected chi connectivity index (χ0v) is 7.18. The third kappa shape index (κ3) is 7.06. The molecule has 0 saturated heterocycles. The topological polar surface area (TPSA) is 41.1 Å². The van der Waals surface area contributed by atoms with Crippen LogP contribution in [-0.4, -0.2) is 26.0 Å². The van der Waals surface area contributed by atoms with Crippen LogP contribution < -0.4 is 10.6 Å². The van der Waals surface area contributed by atoms with E-state index in [0.717, 1.165) is 19.5 Å². The number of carbonyl (C=O) groups is 1. The summed E-state index contributed by atoms with van der Waals surface area (Å²) in [7, 11) is 1.90. The Bertz CT molecular complexity index is 132. The van der Waals surface area contributed by atoms with Crippen LogP contribution in [0.2, 0.25) is 0 Å². The predicted octanol–water partition coefficient (Wildman–Crippen LogP) is 0.288. The van der Waals surface area contributed by atoms with Crippen LogP contribution in [0.5, 0.6) is 0 Å². The molecule has 1 amide bonds. The lowest BCUT2D eigenvalue weighted by Gasteiger charge is -2.00. The highest BCUT2D eigenvalue weighted by molar-refractivity contribution is 5.87. The van der Waals surface area contributed by atoms with Crippen molar-refractivity contribution in [2.45, 2.75) is 13.3 Å². The van der Waals surface area contributed by atoms with Gasteiger partial charge in [-0.25, -0.2) is 0 Å². The number of allylic oxidation sites excluding steroid dienone is 1. The van der Waals surface area contributed by atoms with E-state index >= 15 is 0 Å². The number of amides is 1. The van der Waals surface area contributed by atoms with Gasteiger partial charge in [-0.1, -0.05) is 6.08 Å². The van der Waals surface area contributed by atoms with E-state index in [4.69, 9.17) is 0 Å². The van der Waals surface area contributed by atoms with Crippen LogP contribution in [0.15, 0.2) is 12.2 Å². The molecule has 0 rings (SSSR count). The van der Waals surface area contributed by atoms with Gasteiger partial charge in [0.1, 0.15) is 0 Å². The van der Waals surface area contributed by atoms with Gasteiger partial charge in [-0.3, -0.25) is 4.79 Å². The van der Waals surface area contributed by atoms with Crippen molar-refractivity contribution in [1.82, 2.24) is 10.6 Å². The summed E-state index contributed by atoms with van der Waals surface area (Å²) >= 11 is 0. The van der Waals surface area contributed by atoms with E-state index in [9.17, 15) is 4.79 Å². The molecule has 64 valence electrons. The van der Waals surface area contributed by atoms with Crippen LogP contribution in [-0.2, 0) is 4.79 Å². The molecule has 2 N–H and O–H groups in total. The maximum atomic E-state index is 10.8. The maximum Gasteiger partial charge on any atom is 0.243 e. The Kier molecular flexibility index (Phi) is 6.73. The molecule has 0 heterocycles. The van der Waals surface area contributed by atoms with E-state index in [-0.39, 0.29) is 5.91 Å². The first-order chi connectivity index (χ1) is 5.31. The van der Waals surface area contributed by atoms with Crippen molar-refractivity contribution >= 4 is 5.91 Å². The van der Waals surface area contributed by atoms with Crippen LogP contribution in [0.25, 0.3) is 0 Å². The molecular weight excluding hydrogens is 140 g/mol. The second-order valence-electron chi connectivity index (χ2n) is 2.25. The monoisotopic (exact) mass is 156 g/mol. The van der Waals surface area contributed by atoms with Crippen LogP contribution in [0.1, 0.15) is 13.3 Å². The molecule has 0 saturated carbocycles. The fourth-order valence-corrected chi connectivity index (χ4v) is 0.687. The molecule has 0 unspecified atom stereocenters. The first kappa shape index (κ1) is 10.2. The largest absolute Gasteiger partial charge is 0.353 e. The number of hydrogen-bond acceptors (Lipinski definition) is 2. The molecule has 0 aromatic heterocycles. The molecule has 3 heteroatoms. The second kappa shape index (κ2) is 7.28. The molecule has 0 aliphatic rings. The summed E-state index contributed by atoms with van der Waals surface area (Å²) in [5.74, 6) is -0.0106. The Balaban J connectivity index is 3.17. The quantitative estimate of drug-likeness (QED) is 0.443. The average molecular weight is 156 g/mol. The first-order valence-corrected chi connectivity index (χ1v) is 3.86. The predicted molar refractivity (Wildman–Crippen MR) is 46.4 cm³/mol. The van der Waals surface area contributed by atoms with Gasteiger partial charge in [0.2, 0.25) is 5.91 Å². The fraction of sp³-hybridized carbons (Fsp3) is 0.625. The lowest BCUT2D eigenvalue weighted by Crippen LogP contribution is -2.24. The summed E-state index contributed by atoms with van der Waals surface area (Å²) in [6.07, 6.45) is 4.23. The summed E-state index contributed by atoms with van der Waals surface area (Å²) in [5.41, 5.74) is 0. The molecule has 0 radical (unpaired) electrons. The highest BCUT2D eigenvalue weighted by Crippen LogP contribution is 1.75. The van der Waals surface area contributed by atoms with E-state index in [2.05, 4.69) is 10.6 Å². The number of hydrogen-bond donors (Lipinski definition) is 2. The van der Waals surface area contributed by atoms with Crippen molar-refractivity contribution in [3.8, 4) is 0 Å². The molecule has 0 aromatic carbocycles. The summed E-state index contributed by atoms with van der Waals surface area (Å²) in [4.78, 5) is 10.8. The first-order valence-electron chi connectivity index (χ1n) is 3.86. The normalized spacial score (nSPS) is 10.4. The van der Waals surface area contributed by atoms with Crippen molar-refractivity contribution < 1.29 is 4.79 Å². The van der Waals surface area contributed by atoms with Crippen molar-refractivity contribution in [2.24, 2.45) is 0 Å². The van der Waals surface area contributed by atoms with Crippen molar-refractivity contribution in [3.63, 3.8) is 0 Å². The minimum atomic E-state index is -0.0106. The molecule has 0 fully saturated rings. The number of nitrogens with one attached hydrogen (secondary N) is 2. The van der Waals surface area contributed by atoms with Gasteiger partial charge in [0.15, 0.2) is 0 Å². The molecule has 0 aliphatic heterocycles. The van der Waals surface area contributed by atoms with Crippen LogP contribution in [0.3, 0.4) is 0 Å². The van der Waals surface area contributed by atoms with Gasteiger partial charge in [0, 0.05) is 6.54 Å². The van der Waals surface area contributed by atoms with Gasteiger partial charge in [-0.15, -0.1) is 0 Å². The minimum Gasteiger partial charge on any atom is -0.353 e. The van der Waals surface area contributed by atoms with Crippen LogP contribution in [0, 0.1) is 0 Å². The van der Waals surface area contributed by atoms with Gasteiger partial charge < -0.3 is 10.6 Å². The smallest absolute Gasteiger partial charge is 0.243 e. The molecule has 11 heavy (non-hydrogen) atoms. The van der Waals surface area contributed by atoms with E-state index in [0.29, 0.717) is 0 Å². The maximum absolute atomic E-state index is 10.8. The third-order valence-electron chi connectivity index (χ3n) is 1.22. The Labute approximate surface area is 67.9 Å². The van der Waals surface area contributed by atoms with Crippen molar-refractivity contribution in [2.75, 3.05) is 20.1 Å². The van der Waals surface area contributed by atoms with Gasteiger partial charge >= 0.3 is 0 Å². The highest BCUT2D eigenvalue weighted by atomic mass is 16.1. The SMILES string of the molecule is CC=CC(=O)NCCCNC. The van der Waals surface area contributed by atoms with E-state index in [1.54, 1.807) is 6.08 Å². The Morgan fingerprint density at radius 2 is 2.18 bits per heavy atom. The number of rotatable bonds is 5. The summed E-state index contributed by atoms with van der Waals surface area (Å²) < 4.78 is 0. The average Bonchev–Trinajstić information content (AvgIpc) is 1.99. The molecule has 0 bridgehead atoms. The zero-order valence-electron chi connectivity index (χ0n) is 7.18. The summed E-state index contributed by atoms with van der Waals surface area (Å²) in [5, 5.41) is 5.76. The van der Waals surface area contributed by atoms with E-state index < -0.39 is 0 Å². The Hall–Kier alpha value is -0.830. The number of carbonyl (C=O) groups excluding carboxylic acids is 1. The van der Waals surface area contributed by atoms with Gasteiger partial charge in [0.05, 0.1) is 0 Å². The molecule has 0 aromatic rings. The van der Waals surface area contributed by atoms with Gasteiger partial charge in [-0.05, 0) is 33.0 Å². The minimum absolute atomic E-state index is 0.0106. The van der Waals surface area contributed by atoms with E-state index in [1.807, 2.05) is 14.0 Å².